The molecule has 0 atom stereocenters. The van der Waals surface area contributed by atoms with Crippen molar-refractivity contribution in [3.63, 3.8) is 0 Å². The molecule has 4 rings (SSSR count). The number of nitrogens with one attached hydrogen (secondary N) is 2. The number of pyridine rings is 1. The second kappa shape index (κ2) is 8.11. The van der Waals surface area contributed by atoms with Crippen LogP contribution in [-0.4, -0.2) is 10.9 Å². The Morgan fingerprint density at radius 2 is 1.61 bits per heavy atom. The minimum Gasteiger partial charge on any atom is -0.348 e. The molecule has 0 aliphatic rings. The van der Waals surface area contributed by atoms with Crippen molar-refractivity contribution in [1.29, 1.82) is 0 Å². The number of rotatable bonds is 5. The van der Waals surface area contributed by atoms with Crippen LogP contribution in [0.5, 0.6) is 0 Å². The van der Waals surface area contributed by atoms with Crippen LogP contribution in [0.15, 0.2) is 84.9 Å². The largest absolute Gasteiger partial charge is 0.348 e. The number of hydrogen-bond acceptors (Lipinski definition) is 3. The van der Waals surface area contributed by atoms with Crippen molar-refractivity contribution >= 4 is 39.9 Å². The Morgan fingerprint density at radius 1 is 0.893 bits per heavy atom. The van der Waals surface area contributed by atoms with Gasteiger partial charge in [-0.1, -0.05) is 66.2 Å². The summed E-state index contributed by atoms with van der Waals surface area (Å²) in [5.41, 5.74) is 3.11. The minimum atomic E-state index is -0.172. The van der Waals surface area contributed by atoms with Gasteiger partial charge in [-0.05, 0) is 35.9 Å². The van der Waals surface area contributed by atoms with Crippen molar-refractivity contribution in [1.82, 2.24) is 10.3 Å². The Balaban J connectivity index is 1.64. The van der Waals surface area contributed by atoms with Crippen LogP contribution in [0.3, 0.4) is 0 Å². The summed E-state index contributed by atoms with van der Waals surface area (Å²) in [5, 5.41) is 7.66. The predicted octanol–water partition coefficient (Wildman–Crippen LogP) is 5.56. The van der Waals surface area contributed by atoms with Gasteiger partial charge in [-0.3, -0.25) is 4.79 Å². The van der Waals surface area contributed by atoms with E-state index >= 15 is 0 Å². The van der Waals surface area contributed by atoms with Crippen LogP contribution in [0.2, 0.25) is 5.02 Å². The van der Waals surface area contributed by atoms with Gasteiger partial charge >= 0.3 is 0 Å². The number of amides is 1. The number of hydrogen-bond donors (Lipinski definition) is 2. The first-order chi connectivity index (χ1) is 13.7. The molecule has 0 radical (unpaired) electrons. The van der Waals surface area contributed by atoms with E-state index in [2.05, 4.69) is 15.6 Å². The lowest BCUT2D eigenvalue weighted by molar-refractivity contribution is 0.0952. The molecule has 0 spiro atoms. The van der Waals surface area contributed by atoms with Gasteiger partial charge in [0.15, 0.2) is 0 Å². The lowest BCUT2D eigenvalue weighted by Crippen LogP contribution is -2.23. The predicted molar refractivity (Wildman–Crippen MR) is 114 cm³/mol. The Bertz CT molecular complexity index is 1130. The van der Waals surface area contributed by atoms with Crippen LogP contribution in [0, 0.1) is 0 Å². The fourth-order valence-corrected chi connectivity index (χ4v) is 3.21. The molecule has 0 saturated heterocycles. The van der Waals surface area contributed by atoms with Gasteiger partial charge in [-0.25, -0.2) is 4.98 Å². The molecule has 138 valence electrons. The van der Waals surface area contributed by atoms with Crippen LogP contribution in [0.1, 0.15) is 15.9 Å². The number of para-hydroxylation sites is 2. The first-order valence-electron chi connectivity index (χ1n) is 8.94. The lowest BCUT2D eigenvalue weighted by atomic mass is 10.1. The van der Waals surface area contributed by atoms with Crippen molar-refractivity contribution in [2.24, 2.45) is 0 Å². The highest BCUT2D eigenvalue weighted by Gasteiger charge is 2.13. The van der Waals surface area contributed by atoms with Gasteiger partial charge in [-0.15, -0.1) is 0 Å². The van der Waals surface area contributed by atoms with Crippen molar-refractivity contribution < 1.29 is 4.79 Å². The van der Waals surface area contributed by atoms with Crippen LogP contribution in [-0.2, 0) is 6.54 Å². The quantitative estimate of drug-likeness (QED) is 0.471. The van der Waals surface area contributed by atoms with E-state index < -0.39 is 0 Å². The van der Waals surface area contributed by atoms with Crippen LogP contribution in [0.4, 0.5) is 11.5 Å². The van der Waals surface area contributed by atoms with Crippen molar-refractivity contribution in [3.8, 4) is 0 Å². The first-order valence-corrected chi connectivity index (χ1v) is 9.32. The molecule has 3 aromatic carbocycles. The smallest absolute Gasteiger partial charge is 0.252 e. The van der Waals surface area contributed by atoms with Gasteiger partial charge in [0, 0.05) is 22.6 Å². The highest BCUT2D eigenvalue weighted by molar-refractivity contribution is 6.31. The van der Waals surface area contributed by atoms with E-state index in [9.17, 15) is 4.79 Å². The molecule has 0 fully saturated rings. The molecule has 1 aromatic heterocycles. The van der Waals surface area contributed by atoms with E-state index in [4.69, 9.17) is 11.6 Å². The van der Waals surface area contributed by atoms with Gasteiger partial charge in [0.2, 0.25) is 0 Å². The zero-order chi connectivity index (χ0) is 19.3. The number of nitrogens with zero attached hydrogens (tertiary/aromatic N) is 1. The van der Waals surface area contributed by atoms with E-state index in [-0.39, 0.29) is 5.91 Å². The summed E-state index contributed by atoms with van der Waals surface area (Å²) in [4.78, 5) is 17.6. The third-order valence-electron chi connectivity index (χ3n) is 4.40. The zero-order valence-corrected chi connectivity index (χ0v) is 15.8. The summed E-state index contributed by atoms with van der Waals surface area (Å²) < 4.78 is 0. The van der Waals surface area contributed by atoms with E-state index in [1.807, 2.05) is 78.9 Å². The highest BCUT2D eigenvalue weighted by Crippen LogP contribution is 2.23. The minimum absolute atomic E-state index is 0.172. The Kier molecular flexibility index (Phi) is 5.22. The van der Waals surface area contributed by atoms with Crippen LogP contribution in [0.25, 0.3) is 10.9 Å². The number of aromatic nitrogens is 1. The zero-order valence-electron chi connectivity index (χ0n) is 15.0. The second-order valence-electron chi connectivity index (χ2n) is 6.34. The Morgan fingerprint density at radius 3 is 2.43 bits per heavy atom. The normalized spacial score (nSPS) is 10.6. The summed E-state index contributed by atoms with van der Waals surface area (Å²) in [7, 11) is 0. The summed E-state index contributed by atoms with van der Waals surface area (Å²) in [6.45, 7) is 0.358. The van der Waals surface area contributed by atoms with Gasteiger partial charge in [-0.2, -0.15) is 0 Å². The standard InChI is InChI=1S/C23H18ClN3O/c24-20-12-6-4-8-16(20)15-25-23(28)19-14-22(26-17-9-2-1-3-10-17)27-21-13-7-5-11-18(19)21/h1-14H,15H2,(H,25,28)(H,26,27). The average Bonchev–Trinajstić information content (AvgIpc) is 2.73. The second-order valence-corrected chi connectivity index (χ2v) is 6.74. The molecule has 4 nitrogen and oxygen atoms in total. The third-order valence-corrected chi connectivity index (χ3v) is 4.77. The highest BCUT2D eigenvalue weighted by atomic mass is 35.5. The summed E-state index contributed by atoms with van der Waals surface area (Å²) >= 11 is 6.19. The molecule has 1 amide bonds. The van der Waals surface area contributed by atoms with Crippen LogP contribution >= 0.6 is 11.6 Å². The lowest BCUT2D eigenvalue weighted by Gasteiger charge is -2.12. The van der Waals surface area contributed by atoms with Gasteiger partial charge < -0.3 is 10.6 Å². The topological polar surface area (TPSA) is 54.0 Å². The molecule has 4 aromatic rings. The molecule has 1 heterocycles. The van der Waals surface area contributed by atoms with Crippen molar-refractivity contribution in [3.05, 3.63) is 101 Å². The number of halogens is 1. The third kappa shape index (κ3) is 3.97. The molecular formula is C23H18ClN3O. The van der Waals surface area contributed by atoms with Gasteiger partial charge in [0.25, 0.3) is 5.91 Å². The summed E-state index contributed by atoms with van der Waals surface area (Å²) in [6, 6.07) is 26.6. The molecule has 0 saturated carbocycles. The van der Waals surface area contributed by atoms with Gasteiger partial charge in [0.1, 0.15) is 5.82 Å². The number of fused-ring (bicyclic) bond motifs is 1. The van der Waals surface area contributed by atoms with E-state index in [1.54, 1.807) is 6.07 Å². The fraction of sp³-hybridized carbons (Fsp3) is 0.0435. The van der Waals surface area contributed by atoms with Gasteiger partial charge in [0.05, 0.1) is 11.1 Å². The monoisotopic (exact) mass is 387 g/mol. The van der Waals surface area contributed by atoms with Crippen molar-refractivity contribution in [2.75, 3.05) is 5.32 Å². The van der Waals surface area contributed by atoms with Crippen LogP contribution < -0.4 is 10.6 Å². The van der Waals surface area contributed by atoms with E-state index in [0.717, 1.165) is 22.2 Å². The number of carbonyl (C=O) groups is 1. The fourth-order valence-electron chi connectivity index (χ4n) is 3.01. The molecule has 2 N–H and O–H groups in total. The maximum absolute atomic E-state index is 12.9. The molecule has 0 bridgehead atoms. The Labute approximate surface area is 168 Å². The molecule has 28 heavy (non-hydrogen) atoms. The number of anilines is 2. The molecule has 0 unspecified atom stereocenters. The van der Waals surface area contributed by atoms with E-state index in [0.29, 0.717) is 22.9 Å². The molecule has 0 aliphatic heterocycles. The maximum Gasteiger partial charge on any atom is 0.252 e. The SMILES string of the molecule is O=C(NCc1ccccc1Cl)c1cc(Nc2ccccc2)nc2ccccc12. The average molecular weight is 388 g/mol. The van der Waals surface area contributed by atoms with E-state index in [1.165, 1.54) is 0 Å². The molecule has 0 aliphatic carbocycles. The maximum atomic E-state index is 12.9. The summed E-state index contributed by atoms with van der Waals surface area (Å²) in [6.07, 6.45) is 0. The number of carbonyl (C=O) groups excluding carboxylic acids is 1. The summed E-state index contributed by atoms with van der Waals surface area (Å²) in [5.74, 6) is 0.447. The first kappa shape index (κ1) is 18.0. The molecular weight excluding hydrogens is 370 g/mol. The van der Waals surface area contributed by atoms with Crippen molar-refractivity contribution in [2.45, 2.75) is 6.54 Å². The number of benzene rings is 3. The Hall–Kier alpha value is -3.37. The molecule has 5 heteroatoms.